The molecule has 2 aromatic rings. The molecule has 2 aliphatic heterocycles. The zero-order chi connectivity index (χ0) is 17.4. The fourth-order valence-corrected chi connectivity index (χ4v) is 3.99. The monoisotopic (exact) mass is 396 g/mol. The minimum Gasteiger partial charge on any atom is -0.492 e. The van der Waals surface area contributed by atoms with E-state index in [1.54, 1.807) is 4.68 Å². The summed E-state index contributed by atoms with van der Waals surface area (Å²) in [5.74, 6) is 0.799. The van der Waals surface area contributed by atoms with Crippen LogP contribution in [0.2, 0.25) is 5.02 Å². The van der Waals surface area contributed by atoms with Gasteiger partial charge in [0.05, 0.1) is 29.8 Å². The molecule has 1 fully saturated rings. The summed E-state index contributed by atoms with van der Waals surface area (Å²) in [6.07, 6.45) is 4.58. The number of nitrogens with one attached hydrogen (secondary N) is 2. The van der Waals surface area contributed by atoms with Crippen molar-refractivity contribution in [3.63, 3.8) is 0 Å². The minimum absolute atomic E-state index is 0. The van der Waals surface area contributed by atoms with Gasteiger partial charge in [-0.2, -0.15) is 5.10 Å². The van der Waals surface area contributed by atoms with Gasteiger partial charge in [0.1, 0.15) is 5.75 Å². The van der Waals surface area contributed by atoms with E-state index in [2.05, 4.69) is 15.7 Å². The van der Waals surface area contributed by atoms with Gasteiger partial charge in [0.15, 0.2) is 0 Å². The van der Waals surface area contributed by atoms with Crippen molar-refractivity contribution in [3.8, 4) is 5.75 Å². The average Bonchev–Trinajstić information content (AvgIpc) is 3.24. The molecule has 6 nitrogen and oxygen atoms in total. The molecule has 140 valence electrons. The summed E-state index contributed by atoms with van der Waals surface area (Å²) in [6, 6.07) is 5.61. The second-order valence-electron chi connectivity index (χ2n) is 6.68. The van der Waals surface area contributed by atoms with Gasteiger partial charge in [0.25, 0.3) is 0 Å². The minimum atomic E-state index is -0.102. The maximum absolute atomic E-state index is 12.9. The molecule has 2 N–H and O–H groups in total. The molecule has 0 aliphatic carbocycles. The summed E-state index contributed by atoms with van der Waals surface area (Å²) in [5.41, 5.74) is 2.05. The SMILES string of the molecule is Cl.Cn1cc([C@H]2CNC[C@@H]2C(=O)NC2CCOc3c(Cl)cccc32)cn1. The number of carbonyl (C=O) groups excluding carboxylic acids is 1. The number of hydrogen-bond acceptors (Lipinski definition) is 4. The molecule has 1 unspecified atom stereocenters. The summed E-state index contributed by atoms with van der Waals surface area (Å²) >= 11 is 6.22. The summed E-state index contributed by atoms with van der Waals surface area (Å²) in [4.78, 5) is 12.9. The van der Waals surface area contributed by atoms with Crippen molar-refractivity contribution in [1.82, 2.24) is 20.4 Å². The van der Waals surface area contributed by atoms with Crippen LogP contribution in [0.15, 0.2) is 30.6 Å². The van der Waals surface area contributed by atoms with Gasteiger partial charge in [-0.15, -0.1) is 12.4 Å². The molecular formula is C18H22Cl2N4O2. The number of nitrogens with zero attached hydrogens (tertiary/aromatic N) is 2. The number of benzene rings is 1. The molecular weight excluding hydrogens is 375 g/mol. The summed E-state index contributed by atoms with van der Waals surface area (Å²) in [7, 11) is 1.89. The first-order chi connectivity index (χ1) is 12.1. The Morgan fingerprint density at radius 3 is 3.04 bits per heavy atom. The maximum atomic E-state index is 12.9. The van der Waals surface area contributed by atoms with Crippen LogP contribution in [0.1, 0.15) is 29.5 Å². The fourth-order valence-electron chi connectivity index (χ4n) is 3.75. The van der Waals surface area contributed by atoms with Crippen molar-refractivity contribution in [2.45, 2.75) is 18.4 Å². The number of halogens is 2. The van der Waals surface area contributed by atoms with Crippen LogP contribution < -0.4 is 15.4 Å². The molecule has 0 spiro atoms. The summed E-state index contributed by atoms with van der Waals surface area (Å²) in [5, 5.41) is 11.4. The smallest absolute Gasteiger partial charge is 0.225 e. The Hall–Kier alpha value is -1.76. The standard InChI is InChI=1S/C18H21ClN4O2.ClH/c1-23-10-11(7-21-23)13-8-20-9-14(13)18(24)22-16-5-6-25-17-12(16)3-2-4-15(17)19;/h2-4,7,10,13-14,16,20H,5-6,8-9H2,1H3,(H,22,24);1H/t13-,14+,16?;/m1./s1. The lowest BCUT2D eigenvalue weighted by Crippen LogP contribution is -2.38. The third kappa shape index (κ3) is 3.54. The number of para-hydroxylation sites is 1. The molecule has 0 radical (unpaired) electrons. The number of aromatic nitrogens is 2. The van der Waals surface area contributed by atoms with Crippen LogP contribution >= 0.6 is 24.0 Å². The quantitative estimate of drug-likeness (QED) is 0.835. The van der Waals surface area contributed by atoms with E-state index in [1.165, 1.54) is 0 Å². The topological polar surface area (TPSA) is 68.2 Å². The number of ether oxygens (including phenoxy) is 1. The molecule has 0 saturated carbocycles. The molecule has 2 aliphatic rings. The molecule has 4 rings (SSSR count). The fraction of sp³-hybridized carbons (Fsp3) is 0.444. The van der Waals surface area contributed by atoms with E-state index in [4.69, 9.17) is 16.3 Å². The zero-order valence-corrected chi connectivity index (χ0v) is 16.0. The van der Waals surface area contributed by atoms with Crippen molar-refractivity contribution in [1.29, 1.82) is 0 Å². The lowest BCUT2D eigenvalue weighted by molar-refractivity contribution is -0.125. The Balaban J connectivity index is 0.00000196. The van der Waals surface area contributed by atoms with Gasteiger partial charge in [-0.3, -0.25) is 9.48 Å². The van der Waals surface area contributed by atoms with Crippen LogP contribution in [0.3, 0.4) is 0 Å². The summed E-state index contributed by atoms with van der Waals surface area (Å²) in [6.45, 7) is 2.02. The van der Waals surface area contributed by atoms with Crippen molar-refractivity contribution >= 4 is 29.9 Å². The Morgan fingerprint density at radius 1 is 1.42 bits per heavy atom. The van der Waals surface area contributed by atoms with E-state index in [0.717, 1.165) is 24.1 Å². The van der Waals surface area contributed by atoms with E-state index >= 15 is 0 Å². The highest BCUT2D eigenvalue weighted by atomic mass is 35.5. The Kier molecular flexibility index (Phi) is 5.75. The molecule has 1 amide bonds. The van der Waals surface area contributed by atoms with Crippen molar-refractivity contribution in [3.05, 3.63) is 46.7 Å². The van der Waals surface area contributed by atoms with Crippen LogP contribution in [-0.2, 0) is 11.8 Å². The van der Waals surface area contributed by atoms with Crippen LogP contribution in [-0.4, -0.2) is 35.4 Å². The molecule has 1 aromatic carbocycles. The molecule has 3 atom stereocenters. The van der Waals surface area contributed by atoms with Crippen LogP contribution in [0.4, 0.5) is 0 Å². The molecule has 3 heterocycles. The number of aryl methyl sites for hydroxylation is 1. The van der Waals surface area contributed by atoms with Crippen molar-refractivity contribution in [2.24, 2.45) is 13.0 Å². The Labute approximate surface area is 163 Å². The second kappa shape index (κ2) is 7.86. The lowest BCUT2D eigenvalue weighted by Gasteiger charge is -2.29. The number of fused-ring (bicyclic) bond motifs is 1. The first kappa shape index (κ1) is 19.0. The number of rotatable bonds is 3. The van der Waals surface area contributed by atoms with E-state index in [0.29, 0.717) is 23.9 Å². The van der Waals surface area contributed by atoms with Gasteiger partial charge in [-0.1, -0.05) is 23.7 Å². The first-order valence-electron chi connectivity index (χ1n) is 8.54. The molecule has 1 aromatic heterocycles. The second-order valence-corrected chi connectivity index (χ2v) is 7.08. The Morgan fingerprint density at radius 2 is 2.27 bits per heavy atom. The predicted octanol–water partition coefficient (Wildman–Crippen LogP) is 2.44. The van der Waals surface area contributed by atoms with Gasteiger partial charge in [0.2, 0.25) is 5.91 Å². The first-order valence-corrected chi connectivity index (χ1v) is 8.92. The number of carbonyl (C=O) groups is 1. The highest BCUT2D eigenvalue weighted by molar-refractivity contribution is 6.32. The van der Waals surface area contributed by atoms with E-state index in [9.17, 15) is 4.79 Å². The molecule has 1 saturated heterocycles. The normalized spacial score (nSPS) is 24.3. The van der Waals surface area contributed by atoms with Gasteiger partial charge in [0, 0.05) is 44.2 Å². The Bertz CT molecular complexity index is 795. The largest absolute Gasteiger partial charge is 0.492 e. The van der Waals surface area contributed by atoms with Crippen LogP contribution in [0, 0.1) is 5.92 Å². The van der Waals surface area contributed by atoms with Gasteiger partial charge in [-0.25, -0.2) is 0 Å². The molecule has 26 heavy (non-hydrogen) atoms. The van der Waals surface area contributed by atoms with Gasteiger partial charge >= 0.3 is 0 Å². The van der Waals surface area contributed by atoms with Crippen molar-refractivity contribution < 1.29 is 9.53 Å². The van der Waals surface area contributed by atoms with Crippen LogP contribution in [0.25, 0.3) is 0 Å². The maximum Gasteiger partial charge on any atom is 0.225 e. The van der Waals surface area contributed by atoms with Gasteiger partial charge < -0.3 is 15.4 Å². The predicted molar refractivity (Wildman–Crippen MR) is 102 cm³/mol. The van der Waals surface area contributed by atoms with E-state index < -0.39 is 0 Å². The van der Waals surface area contributed by atoms with Gasteiger partial charge in [-0.05, 0) is 11.6 Å². The number of amides is 1. The van der Waals surface area contributed by atoms with Crippen molar-refractivity contribution in [2.75, 3.05) is 19.7 Å². The third-order valence-corrected chi connectivity index (χ3v) is 5.34. The van der Waals surface area contributed by atoms with E-state index in [1.807, 2.05) is 37.6 Å². The average molecular weight is 397 g/mol. The molecule has 8 heteroatoms. The number of hydrogen-bond donors (Lipinski definition) is 2. The van der Waals surface area contributed by atoms with Crippen LogP contribution in [0.5, 0.6) is 5.75 Å². The lowest BCUT2D eigenvalue weighted by atomic mass is 9.89. The molecule has 0 bridgehead atoms. The van der Waals surface area contributed by atoms with E-state index in [-0.39, 0.29) is 36.2 Å². The third-order valence-electron chi connectivity index (χ3n) is 5.05. The zero-order valence-electron chi connectivity index (χ0n) is 14.4. The summed E-state index contributed by atoms with van der Waals surface area (Å²) < 4.78 is 7.46. The highest BCUT2D eigenvalue weighted by Gasteiger charge is 2.36. The highest BCUT2D eigenvalue weighted by Crippen LogP contribution is 2.38.